The molecule has 0 saturated carbocycles. The zero-order chi connectivity index (χ0) is 15.1. The van der Waals surface area contributed by atoms with Gasteiger partial charge in [-0.3, -0.25) is 0 Å². The first-order valence-corrected chi connectivity index (χ1v) is 7.62. The molecule has 2 aromatic carbocycles. The van der Waals surface area contributed by atoms with Crippen LogP contribution in [-0.2, 0) is 6.61 Å². The molecule has 0 amide bonds. The Labute approximate surface area is 127 Å². The van der Waals surface area contributed by atoms with Crippen molar-refractivity contribution >= 4 is 0 Å². The van der Waals surface area contributed by atoms with Gasteiger partial charge < -0.3 is 9.84 Å². The molecule has 0 aromatic heterocycles. The summed E-state index contributed by atoms with van der Waals surface area (Å²) < 4.78 is 5.88. The molecule has 2 heteroatoms. The molecule has 2 rings (SSSR count). The van der Waals surface area contributed by atoms with Crippen molar-refractivity contribution in [3.8, 4) is 5.75 Å². The average Bonchev–Trinajstić information content (AvgIpc) is 2.55. The third-order valence-electron chi connectivity index (χ3n) is 3.95. The molecule has 0 saturated heterocycles. The first kappa shape index (κ1) is 15.6. The van der Waals surface area contributed by atoms with Crippen LogP contribution < -0.4 is 4.74 Å². The Morgan fingerprint density at radius 1 is 1.05 bits per heavy atom. The van der Waals surface area contributed by atoms with Gasteiger partial charge in [-0.2, -0.15) is 0 Å². The lowest BCUT2D eigenvalue weighted by Crippen LogP contribution is -2.13. The first-order valence-electron chi connectivity index (χ1n) is 7.62. The van der Waals surface area contributed by atoms with E-state index in [4.69, 9.17) is 4.74 Å². The Morgan fingerprint density at radius 3 is 2.48 bits per heavy atom. The smallest absolute Gasteiger partial charge is 0.120 e. The molecule has 0 fully saturated rings. The van der Waals surface area contributed by atoms with E-state index < -0.39 is 0 Å². The van der Waals surface area contributed by atoms with Gasteiger partial charge in [0.05, 0.1) is 0 Å². The zero-order valence-corrected chi connectivity index (χ0v) is 12.8. The number of hydrogen-bond acceptors (Lipinski definition) is 2. The number of ether oxygens (including phenoxy) is 1. The number of rotatable bonds is 7. The summed E-state index contributed by atoms with van der Waals surface area (Å²) in [5.74, 6) is 1.52. The molecule has 0 radical (unpaired) electrons. The maximum atomic E-state index is 9.39. The van der Waals surface area contributed by atoms with Crippen LogP contribution in [0.2, 0.25) is 0 Å². The minimum Gasteiger partial charge on any atom is -0.489 e. The third kappa shape index (κ3) is 4.33. The molecule has 0 aliphatic carbocycles. The number of hydrogen-bond donors (Lipinski definition) is 1. The molecule has 21 heavy (non-hydrogen) atoms. The number of aliphatic hydroxyl groups excluding tert-OH is 1. The highest BCUT2D eigenvalue weighted by Crippen LogP contribution is 2.30. The zero-order valence-electron chi connectivity index (χ0n) is 12.8. The van der Waals surface area contributed by atoms with Crippen LogP contribution in [-0.4, -0.2) is 11.7 Å². The molecule has 0 heterocycles. The predicted octanol–water partition coefficient (Wildman–Crippen LogP) is 4.39. The van der Waals surface area contributed by atoms with Crippen molar-refractivity contribution in [3.05, 3.63) is 65.7 Å². The van der Waals surface area contributed by atoms with Gasteiger partial charge in [0.1, 0.15) is 12.4 Å². The Kier molecular flexibility index (Phi) is 5.82. The van der Waals surface area contributed by atoms with Crippen LogP contribution >= 0.6 is 0 Å². The Hall–Kier alpha value is -1.80. The van der Waals surface area contributed by atoms with Crippen LogP contribution in [0.25, 0.3) is 0 Å². The van der Waals surface area contributed by atoms with Gasteiger partial charge in [-0.15, -0.1) is 0 Å². The normalized spacial score (nSPS) is 13.7. The molecule has 0 bridgehead atoms. The molecule has 2 unspecified atom stereocenters. The number of aliphatic hydroxyl groups is 1. The van der Waals surface area contributed by atoms with Gasteiger partial charge in [0.25, 0.3) is 0 Å². The molecule has 2 atom stereocenters. The summed E-state index contributed by atoms with van der Waals surface area (Å²) in [5, 5.41) is 9.39. The summed E-state index contributed by atoms with van der Waals surface area (Å²) in [6.07, 6.45) is 1.02. The molecule has 0 spiro atoms. The molecule has 1 N–H and O–H groups in total. The minimum absolute atomic E-state index is 0.216. The maximum absolute atomic E-state index is 9.39. The van der Waals surface area contributed by atoms with Crippen LogP contribution in [0.4, 0.5) is 0 Å². The molecule has 0 aliphatic rings. The van der Waals surface area contributed by atoms with E-state index in [2.05, 4.69) is 38.1 Å². The third-order valence-corrected chi connectivity index (χ3v) is 3.95. The molecule has 0 aliphatic heterocycles. The van der Waals surface area contributed by atoms with Crippen molar-refractivity contribution < 1.29 is 9.84 Å². The average molecular weight is 284 g/mol. The fourth-order valence-corrected chi connectivity index (χ4v) is 2.67. The Balaban J connectivity index is 2.06. The lowest BCUT2D eigenvalue weighted by Gasteiger charge is -2.22. The largest absolute Gasteiger partial charge is 0.489 e. The van der Waals surface area contributed by atoms with E-state index in [1.54, 1.807) is 0 Å². The van der Waals surface area contributed by atoms with Gasteiger partial charge in [0, 0.05) is 6.61 Å². The van der Waals surface area contributed by atoms with Gasteiger partial charge in [0.15, 0.2) is 0 Å². The Bertz CT molecular complexity index is 536. The van der Waals surface area contributed by atoms with Gasteiger partial charge >= 0.3 is 0 Å². The molecular formula is C19H24O2. The van der Waals surface area contributed by atoms with E-state index in [1.807, 2.05) is 30.3 Å². The SMILES string of the molecule is CCC(c1cccc(OCc2ccccc2)c1)C(C)CO. The minimum atomic E-state index is 0.216. The summed E-state index contributed by atoms with van der Waals surface area (Å²) in [7, 11) is 0. The van der Waals surface area contributed by atoms with Gasteiger partial charge in [0.2, 0.25) is 0 Å². The number of benzene rings is 2. The quantitative estimate of drug-likeness (QED) is 0.817. The van der Waals surface area contributed by atoms with Crippen molar-refractivity contribution in [3.63, 3.8) is 0 Å². The van der Waals surface area contributed by atoms with E-state index in [0.717, 1.165) is 12.2 Å². The Morgan fingerprint density at radius 2 is 1.81 bits per heavy atom. The second-order valence-electron chi connectivity index (χ2n) is 5.52. The molecular weight excluding hydrogens is 260 g/mol. The van der Waals surface area contributed by atoms with Crippen LogP contribution in [0.3, 0.4) is 0 Å². The van der Waals surface area contributed by atoms with Gasteiger partial charge in [-0.1, -0.05) is 56.3 Å². The van der Waals surface area contributed by atoms with Crippen LogP contribution in [0, 0.1) is 5.92 Å². The fourth-order valence-electron chi connectivity index (χ4n) is 2.67. The van der Waals surface area contributed by atoms with Crippen molar-refractivity contribution in [2.75, 3.05) is 6.61 Å². The highest BCUT2D eigenvalue weighted by Gasteiger charge is 2.17. The summed E-state index contributed by atoms with van der Waals surface area (Å²) in [6, 6.07) is 18.4. The topological polar surface area (TPSA) is 29.5 Å². The van der Waals surface area contributed by atoms with Crippen LogP contribution in [0.15, 0.2) is 54.6 Å². The van der Waals surface area contributed by atoms with Crippen molar-refractivity contribution in [1.82, 2.24) is 0 Å². The van der Waals surface area contributed by atoms with Crippen molar-refractivity contribution in [2.45, 2.75) is 32.8 Å². The van der Waals surface area contributed by atoms with E-state index in [0.29, 0.717) is 12.5 Å². The van der Waals surface area contributed by atoms with Crippen molar-refractivity contribution in [2.24, 2.45) is 5.92 Å². The second kappa shape index (κ2) is 7.84. The van der Waals surface area contributed by atoms with Gasteiger partial charge in [-0.25, -0.2) is 0 Å². The summed E-state index contributed by atoms with van der Waals surface area (Å²) >= 11 is 0. The lowest BCUT2D eigenvalue weighted by atomic mass is 9.85. The molecule has 2 aromatic rings. The van der Waals surface area contributed by atoms with E-state index >= 15 is 0 Å². The van der Waals surface area contributed by atoms with E-state index in [9.17, 15) is 5.11 Å². The van der Waals surface area contributed by atoms with Crippen LogP contribution in [0.5, 0.6) is 5.75 Å². The van der Waals surface area contributed by atoms with Crippen LogP contribution in [0.1, 0.15) is 37.3 Å². The van der Waals surface area contributed by atoms with E-state index in [1.165, 1.54) is 11.1 Å². The standard InChI is InChI=1S/C19H24O2/c1-3-19(15(2)13-20)17-10-7-11-18(12-17)21-14-16-8-5-4-6-9-16/h4-12,15,19-20H,3,13-14H2,1-2H3. The highest BCUT2D eigenvalue weighted by atomic mass is 16.5. The highest BCUT2D eigenvalue weighted by molar-refractivity contribution is 5.31. The molecule has 2 nitrogen and oxygen atoms in total. The monoisotopic (exact) mass is 284 g/mol. The predicted molar refractivity (Wildman–Crippen MR) is 86.5 cm³/mol. The first-order chi connectivity index (χ1) is 10.2. The lowest BCUT2D eigenvalue weighted by molar-refractivity contribution is 0.213. The van der Waals surface area contributed by atoms with Gasteiger partial charge in [-0.05, 0) is 41.5 Å². The maximum Gasteiger partial charge on any atom is 0.120 e. The molecule has 112 valence electrons. The summed E-state index contributed by atoms with van der Waals surface area (Å²) in [5.41, 5.74) is 2.41. The second-order valence-corrected chi connectivity index (χ2v) is 5.52. The summed E-state index contributed by atoms with van der Waals surface area (Å²) in [4.78, 5) is 0. The van der Waals surface area contributed by atoms with Crippen molar-refractivity contribution in [1.29, 1.82) is 0 Å². The fraction of sp³-hybridized carbons (Fsp3) is 0.368. The van der Waals surface area contributed by atoms with E-state index in [-0.39, 0.29) is 12.5 Å². The summed E-state index contributed by atoms with van der Waals surface area (Å²) in [6.45, 7) is 5.05.